The molecule has 0 unspecified atom stereocenters. The summed E-state index contributed by atoms with van der Waals surface area (Å²) in [6.07, 6.45) is 2.82. The predicted molar refractivity (Wildman–Crippen MR) is 70.6 cm³/mol. The number of aliphatic hydroxyl groups is 1. The molecule has 1 rings (SSSR count). The molecule has 1 aromatic carbocycles. The average Bonchev–Trinajstić information content (AvgIpc) is 2.38. The van der Waals surface area contributed by atoms with Gasteiger partial charge in [-0.15, -0.1) is 0 Å². The van der Waals surface area contributed by atoms with Crippen LogP contribution in [-0.4, -0.2) is 31.9 Å². The molecule has 0 saturated carbocycles. The molecule has 0 radical (unpaired) electrons. The molecular weight excluding hydrogens is 214 g/mol. The number of benzene rings is 1. The highest BCUT2D eigenvalue weighted by Gasteiger charge is 2.03. The highest BCUT2D eigenvalue weighted by molar-refractivity contribution is 5.37. The Kier molecular flexibility index (Phi) is 6.67. The van der Waals surface area contributed by atoms with Crippen molar-refractivity contribution in [3.63, 3.8) is 0 Å². The van der Waals surface area contributed by atoms with Crippen molar-refractivity contribution in [3.8, 4) is 5.75 Å². The highest BCUT2D eigenvalue weighted by atomic mass is 16.5. The van der Waals surface area contributed by atoms with E-state index in [0.717, 1.165) is 38.1 Å². The fourth-order valence-corrected chi connectivity index (χ4v) is 1.80. The van der Waals surface area contributed by atoms with Crippen molar-refractivity contribution in [1.82, 2.24) is 5.32 Å². The molecule has 0 aromatic heterocycles. The third-order valence-electron chi connectivity index (χ3n) is 2.84. The molecule has 0 atom stereocenters. The van der Waals surface area contributed by atoms with E-state index in [1.165, 1.54) is 11.1 Å². The standard InChI is InChI=1S/C14H23NO2/c1-3-12-5-6-14(17-2)13(11-12)7-9-15-8-4-10-16/h5-6,11,15-16H,3-4,7-10H2,1-2H3. The summed E-state index contributed by atoms with van der Waals surface area (Å²) in [4.78, 5) is 0. The van der Waals surface area contributed by atoms with E-state index in [0.29, 0.717) is 0 Å². The second-order valence-corrected chi connectivity index (χ2v) is 4.08. The van der Waals surface area contributed by atoms with Crippen LogP contribution in [0.1, 0.15) is 24.5 Å². The van der Waals surface area contributed by atoms with Gasteiger partial charge in [0.05, 0.1) is 7.11 Å². The Balaban J connectivity index is 2.49. The number of aliphatic hydroxyl groups excluding tert-OH is 1. The van der Waals surface area contributed by atoms with E-state index >= 15 is 0 Å². The van der Waals surface area contributed by atoms with Crippen molar-refractivity contribution in [2.24, 2.45) is 0 Å². The highest BCUT2D eigenvalue weighted by Crippen LogP contribution is 2.20. The normalized spacial score (nSPS) is 10.5. The van der Waals surface area contributed by atoms with Gasteiger partial charge in [-0.1, -0.05) is 19.1 Å². The van der Waals surface area contributed by atoms with Gasteiger partial charge < -0.3 is 15.2 Å². The third kappa shape index (κ3) is 4.75. The number of hydrogen-bond donors (Lipinski definition) is 2. The Morgan fingerprint density at radius 1 is 1.29 bits per heavy atom. The van der Waals surface area contributed by atoms with E-state index in [1.54, 1.807) is 7.11 Å². The molecule has 0 saturated heterocycles. The molecule has 0 fully saturated rings. The van der Waals surface area contributed by atoms with Crippen LogP contribution >= 0.6 is 0 Å². The van der Waals surface area contributed by atoms with Gasteiger partial charge in [-0.3, -0.25) is 0 Å². The van der Waals surface area contributed by atoms with Gasteiger partial charge in [0.25, 0.3) is 0 Å². The number of hydrogen-bond acceptors (Lipinski definition) is 3. The largest absolute Gasteiger partial charge is 0.496 e. The lowest BCUT2D eigenvalue weighted by Crippen LogP contribution is -2.19. The van der Waals surface area contributed by atoms with Crippen molar-refractivity contribution in [1.29, 1.82) is 0 Å². The number of nitrogens with one attached hydrogen (secondary N) is 1. The van der Waals surface area contributed by atoms with Gasteiger partial charge in [-0.05, 0) is 49.5 Å². The van der Waals surface area contributed by atoms with Gasteiger partial charge in [0, 0.05) is 6.61 Å². The Bertz CT molecular complexity index is 326. The molecule has 3 heteroatoms. The van der Waals surface area contributed by atoms with Crippen molar-refractivity contribution in [2.75, 3.05) is 26.8 Å². The zero-order valence-electron chi connectivity index (χ0n) is 10.8. The third-order valence-corrected chi connectivity index (χ3v) is 2.84. The Labute approximate surface area is 104 Å². The Morgan fingerprint density at radius 3 is 2.76 bits per heavy atom. The van der Waals surface area contributed by atoms with E-state index in [-0.39, 0.29) is 6.61 Å². The molecule has 0 spiro atoms. The number of aryl methyl sites for hydroxylation is 1. The maximum absolute atomic E-state index is 8.67. The summed E-state index contributed by atoms with van der Waals surface area (Å²) >= 11 is 0. The molecule has 17 heavy (non-hydrogen) atoms. The first kappa shape index (κ1) is 14.0. The van der Waals surface area contributed by atoms with Crippen molar-refractivity contribution < 1.29 is 9.84 Å². The van der Waals surface area contributed by atoms with Crippen LogP contribution in [0.5, 0.6) is 5.75 Å². The lowest BCUT2D eigenvalue weighted by molar-refractivity contribution is 0.286. The summed E-state index contributed by atoms with van der Waals surface area (Å²) in [6, 6.07) is 6.37. The summed E-state index contributed by atoms with van der Waals surface area (Å²) in [7, 11) is 1.71. The molecule has 0 aliphatic carbocycles. The zero-order valence-corrected chi connectivity index (χ0v) is 10.8. The summed E-state index contributed by atoms with van der Waals surface area (Å²) in [6.45, 7) is 4.20. The van der Waals surface area contributed by atoms with Crippen molar-refractivity contribution >= 4 is 0 Å². The van der Waals surface area contributed by atoms with Crippen LogP contribution in [0, 0.1) is 0 Å². The first-order valence-corrected chi connectivity index (χ1v) is 6.29. The minimum Gasteiger partial charge on any atom is -0.496 e. The summed E-state index contributed by atoms with van der Waals surface area (Å²) in [5.41, 5.74) is 2.60. The second kappa shape index (κ2) is 8.09. The summed E-state index contributed by atoms with van der Waals surface area (Å²) < 4.78 is 5.36. The SMILES string of the molecule is CCc1ccc(OC)c(CCNCCCO)c1. The van der Waals surface area contributed by atoms with Crippen molar-refractivity contribution in [3.05, 3.63) is 29.3 Å². The zero-order chi connectivity index (χ0) is 12.5. The van der Waals surface area contributed by atoms with E-state index in [1.807, 2.05) is 6.07 Å². The van der Waals surface area contributed by atoms with Crippen LogP contribution in [0.4, 0.5) is 0 Å². The predicted octanol–water partition coefficient (Wildman–Crippen LogP) is 1.77. The summed E-state index contributed by atoms with van der Waals surface area (Å²) in [5.74, 6) is 0.964. The van der Waals surface area contributed by atoms with E-state index in [4.69, 9.17) is 9.84 Å². The van der Waals surface area contributed by atoms with Crippen LogP contribution in [-0.2, 0) is 12.8 Å². The molecular formula is C14H23NO2. The molecule has 0 heterocycles. The molecule has 0 amide bonds. The first-order chi connectivity index (χ1) is 8.31. The monoisotopic (exact) mass is 237 g/mol. The summed E-state index contributed by atoms with van der Waals surface area (Å²) in [5, 5.41) is 12.0. The van der Waals surface area contributed by atoms with Gasteiger partial charge >= 0.3 is 0 Å². The van der Waals surface area contributed by atoms with E-state index < -0.39 is 0 Å². The lowest BCUT2D eigenvalue weighted by Gasteiger charge is -2.10. The van der Waals surface area contributed by atoms with E-state index in [2.05, 4.69) is 24.4 Å². The number of ether oxygens (including phenoxy) is 1. The minimum atomic E-state index is 0.252. The molecule has 0 aliphatic rings. The Hall–Kier alpha value is -1.06. The molecule has 0 aliphatic heterocycles. The average molecular weight is 237 g/mol. The van der Waals surface area contributed by atoms with Gasteiger partial charge in [0.15, 0.2) is 0 Å². The maximum Gasteiger partial charge on any atom is 0.122 e. The van der Waals surface area contributed by atoms with Crippen LogP contribution in [0.2, 0.25) is 0 Å². The quantitative estimate of drug-likeness (QED) is 0.677. The lowest BCUT2D eigenvalue weighted by atomic mass is 10.1. The van der Waals surface area contributed by atoms with Gasteiger partial charge in [-0.2, -0.15) is 0 Å². The molecule has 1 aromatic rings. The maximum atomic E-state index is 8.67. The molecule has 2 N–H and O–H groups in total. The van der Waals surface area contributed by atoms with Crippen molar-refractivity contribution in [2.45, 2.75) is 26.2 Å². The Morgan fingerprint density at radius 2 is 2.12 bits per heavy atom. The minimum absolute atomic E-state index is 0.252. The second-order valence-electron chi connectivity index (χ2n) is 4.08. The van der Waals surface area contributed by atoms with Gasteiger partial charge in [0.2, 0.25) is 0 Å². The molecule has 0 bridgehead atoms. The van der Waals surface area contributed by atoms with Gasteiger partial charge in [0.1, 0.15) is 5.75 Å². The van der Waals surface area contributed by atoms with Crippen LogP contribution < -0.4 is 10.1 Å². The topological polar surface area (TPSA) is 41.5 Å². The van der Waals surface area contributed by atoms with Gasteiger partial charge in [-0.25, -0.2) is 0 Å². The van der Waals surface area contributed by atoms with E-state index in [9.17, 15) is 0 Å². The van der Waals surface area contributed by atoms with Crippen LogP contribution in [0.25, 0.3) is 0 Å². The smallest absolute Gasteiger partial charge is 0.122 e. The first-order valence-electron chi connectivity index (χ1n) is 6.29. The molecule has 96 valence electrons. The fraction of sp³-hybridized carbons (Fsp3) is 0.571. The number of methoxy groups -OCH3 is 1. The molecule has 3 nitrogen and oxygen atoms in total. The van der Waals surface area contributed by atoms with Crippen LogP contribution in [0.3, 0.4) is 0 Å². The van der Waals surface area contributed by atoms with Crippen LogP contribution in [0.15, 0.2) is 18.2 Å². The number of rotatable bonds is 8. The fourth-order valence-electron chi connectivity index (χ4n) is 1.80.